The van der Waals surface area contributed by atoms with Crippen molar-refractivity contribution >= 4 is 5.69 Å². The number of fused-ring (bicyclic) bond motifs is 2. The van der Waals surface area contributed by atoms with Gasteiger partial charge >= 0.3 is 0 Å². The number of hydrogen-bond donors (Lipinski definition) is 1. The van der Waals surface area contributed by atoms with Gasteiger partial charge in [-0.3, -0.25) is 0 Å². The molecule has 1 aromatic rings. The minimum absolute atomic E-state index is 0.542. The van der Waals surface area contributed by atoms with E-state index in [1.54, 1.807) is 6.20 Å². The van der Waals surface area contributed by atoms with Crippen LogP contribution in [0, 0.1) is 11.3 Å². The summed E-state index contributed by atoms with van der Waals surface area (Å²) >= 11 is 0. The maximum Gasteiger partial charge on any atom is 0.163 e. The van der Waals surface area contributed by atoms with E-state index in [9.17, 15) is 5.26 Å². The molecule has 2 aliphatic heterocycles. The molecule has 100 valence electrons. The maximum absolute atomic E-state index is 9.23. The van der Waals surface area contributed by atoms with E-state index in [4.69, 9.17) is 0 Å². The van der Waals surface area contributed by atoms with Crippen LogP contribution in [0.5, 0.6) is 0 Å². The summed E-state index contributed by atoms with van der Waals surface area (Å²) in [6.07, 6.45) is 6.67. The van der Waals surface area contributed by atoms with E-state index in [0.29, 0.717) is 23.8 Å². The Morgan fingerprint density at radius 2 is 2.16 bits per heavy atom. The third kappa shape index (κ3) is 2.31. The first-order valence-corrected chi connectivity index (χ1v) is 7.19. The Balaban J connectivity index is 1.86. The molecule has 2 bridgehead atoms. The molecule has 0 aromatic carbocycles. The van der Waals surface area contributed by atoms with Gasteiger partial charge < -0.3 is 10.2 Å². The highest BCUT2D eigenvalue weighted by Gasteiger charge is 2.36. The van der Waals surface area contributed by atoms with Crippen molar-refractivity contribution in [2.24, 2.45) is 0 Å². The van der Waals surface area contributed by atoms with E-state index in [1.165, 1.54) is 25.7 Å². The van der Waals surface area contributed by atoms with Crippen LogP contribution in [0.4, 0.5) is 5.69 Å². The van der Waals surface area contributed by atoms with Crippen molar-refractivity contribution in [3.8, 4) is 6.07 Å². The van der Waals surface area contributed by atoms with Crippen LogP contribution in [0.3, 0.4) is 0 Å². The van der Waals surface area contributed by atoms with Crippen LogP contribution in [0.1, 0.15) is 38.3 Å². The molecule has 2 saturated heterocycles. The Kier molecular flexibility index (Phi) is 3.39. The number of nitrogens with zero attached hydrogens (tertiary/aromatic N) is 3. The van der Waals surface area contributed by atoms with Crippen LogP contribution in [0.15, 0.2) is 18.3 Å². The van der Waals surface area contributed by atoms with Gasteiger partial charge in [0.2, 0.25) is 0 Å². The van der Waals surface area contributed by atoms with Gasteiger partial charge in [-0.05, 0) is 44.7 Å². The van der Waals surface area contributed by atoms with Gasteiger partial charge in [-0.2, -0.15) is 5.26 Å². The molecule has 4 heteroatoms. The summed E-state index contributed by atoms with van der Waals surface area (Å²) in [5.41, 5.74) is 1.55. The Morgan fingerprint density at radius 1 is 1.42 bits per heavy atom. The number of rotatable bonds is 3. The summed E-state index contributed by atoms with van der Waals surface area (Å²) in [6.45, 7) is 3.10. The van der Waals surface area contributed by atoms with Crippen LogP contribution in [0.2, 0.25) is 0 Å². The van der Waals surface area contributed by atoms with Gasteiger partial charge in [-0.25, -0.2) is 4.98 Å². The molecule has 3 heterocycles. The fourth-order valence-corrected chi connectivity index (χ4v) is 3.62. The largest absolute Gasteiger partial charge is 0.366 e. The highest BCUT2D eigenvalue weighted by Crippen LogP contribution is 2.32. The molecular formula is C15H20N4. The lowest BCUT2D eigenvalue weighted by molar-refractivity contribution is 0.349. The Morgan fingerprint density at radius 3 is 2.79 bits per heavy atom. The summed E-state index contributed by atoms with van der Waals surface area (Å²) in [7, 11) is 0. The average molecular weight is 256 g/mol. The van der Waals surface area contributed by atoms with Gasteiger partial charge in [0, 0.05) is 30.9 Å². The van der Waals surface area contributed by atoms with Crippen molar-refractivity contribution in [2.45, 2.75) is 50.7 Å². The summed E-state index contributed by atoms with van der Waals surface area (Å²) in [4.78, 5) is 6.57. The molecule has 0 amide bonds. The molecule has 19 heavy (non-hydrogen) atoms. The highest BCUT2D eigenvalue weighted by atomic mass is 15.2. The van der Waals surface area contributed by atoms with Crippen molar-refractivity contribution < 1.29 is 0 Å². The van der Waals surface area contributed by atoms with E-state index in [2.05, 4.69) is 28.2 Å². The molecule has 1 N–H and O–H groups in total. The van der Waals surface area contributed by atoms with Crippen molar-refractivity contribution in [1.29, 1.82) is 5.26 Å². The fourth-order valence-electron chi connectivity index (χ4n) is 3.62. The Labute approximate surface area is 114 Å². The second-order valence-electron chi connectivity index (χ2n) is 5.53. The molecule has 3 rings (SSSR count). The predicted octanol–water partition coefficient (Wildman–Crippen LogP) is 2.06. The normalized spacial score (nSPS) is 28.9. The molecule has 4 nitrogen and oxygen atoms in total. The van der Waals surface area contributed by atoms with Crippen LogP contribution in [0.25, 0.3) is 0 Å². The SMILES string of the molecule is CCN(c1cccnc1C#N)C1CC2CCC(C1)N2. The molecule has 0 aliphatic carbocycles. The lowest BCUT2D eigenvalue weighted by Gasteiger charge is -2.38. The Hall–Kier alpha value is -1.60. The smallest absolute Gasteiger partial charge is 0.163 e. The standard InChI is InChI=1S/C15H20N4/c1-2-19(15-4-3-7-17-14(15)10-16)13-8-11-5-6-12(9-13)18-11/h3-4,7,11-13,18H,2,5-6,8-9H2,1H3. The van der Waals surface area contributed by atoms with Crippen LogP contribution < -0.4 is 10.2 Å². The predicted molar refractivity (Wildman–Crippen MR) is 74.9 cm³/mol. The number of nitrogens with one attached hydrogen (secondary N) is 1. The first kappa shape index (κ1) is 12.4. The van der Waals surface area contributed by atoms with Crippen molar-refractivity contribution in [3.63, 3.8) is 0 Å². The zero-order chi connectivity index (χ0) is 13.2. The second kappa shape index (κ2) is 5.18. The third-order valence-electron chi connectivity index (χ3n) is 4.43. The minimum atomic E-state index is 0.542. The van der Waals surface area contributed by atoms with E-state index < -0.39 is 0 Å². The van der Waals surface area contributed by atoms with Crippen molar-refractivity contribution in [1.82, 2.24) is 10.3 Å². The summed E-state index contributed by atoms with van der Waals surface area (Å²) in [5, 5.41) is 12.9. The zero-order valence-electron chi connectivity index (χ0n) is 11.3. The van der Waals surface area contributed by atoms with Gasteiger partial charge in [-0.1, -0.05) is 0 Å². The van der Waals surface area contributed by atoms with Gasteiger partial charge in [0.15, 0.2) is 5.69 Å². The topological polar surface area (TPSA) is 52.0 Å². The number of aromatic nitrogens is 1. The molecule has 1 aromatic heterocycles. The van der Waals surface area contributed by atoms with E-state index in [0.717, 1.165) is 12.2 Å². The molecule has 2 atom stereocenters. The Bertz CT molecular complexity index is 481. The van der Waals surface area contributed by atoms with Crippen LogP contribution in [-0.2, 0) is 0 Å². The number of anilines is 1. The third-order valence-corrected chi connectivity index (χ3v) is 4.43. The van der Waals surface area contributed by atoms with Gasteiger partial charge in [0.25, 0.3) is 0 Å². The number of nitriles is 1. The van der Waals surface area contributed by atoms with E-state index in [-0.39, 0.29) is 0 Å². The van der Waals surface area contributed by atoms with Crippen molar-refractivity contribution in [2.75, 3.05) is 11.4 Å². The number of pyridine rings is 1. The monoisotopic (exact) mass is 256 g/mol. The summed E-state index contributed by atoms with van der Waals surface area (Å²) < 4.78 is 0. The van der Waals surface area contributed by atoms with Gasteiger partial charge in [-0.15, -0.1) is 0 Å². The lowest BCUT2D eigenvalue weighted by atomic mass is 9.97. The molecule has 2 fully saturated rings. The van der Waals surface area contributed by atoms with Crippen LogP contribution in [-0.4, -0.2) is 29.7 Å². The second-order valence-corrected chi connectivity index (χ2v) is 5.53. The molecule has 0 radical (unpaired) electrons. The summed E-state index contributed by atoms with van der Waals surface area (Å²) in [6, 6.07) is 8.05. The molecule has 0 spiro atoms. The fraction of sp³-hybridized carbons (Fsp3) is 0.600. The van der Waals surface area contributed by atoms with Crippen molar-refractivity contribution in [3.05, 3.63) is 24.0 Å². The highest BCUT2D eigenvalue weighted by molar-refractivity contribution is 5.56. The molecule has 2 unspecified atom stereocenters. The van der Waals surface area contributed by atoms with Gasteiger partial charge in [0.1, 0.15) is 6.07 Å². The maximum atomic E-state index is 9.23. The number of piperidine rings is 1. The van der Waals surface area contributed by atoms with E-state index >= 15 is 0 Å². The summed E-state index contributed by atoms with van der Waals surface area (Å²) in [5.74, 6) is 0. The molecule has 0 saturated carbocycles. The first-order valence-electron chi connectivity index (χ1n) is 7.19. The van der Waals surface area contributed by atoms with E-state index in [1.807, 2.05) is 12.1 Å². The minimum Gasteiger partial charge on any atom is -0.366 e. The van der Waals surface area contributed by atoms with Gasteiger partial charge in [0.05, 0.1) is 5.69 Å². The first-order chi connectivity index (χ1) is 9.31. The zero-order valence-corrected chi connectivity index (χ0v) is 11.3. The quantitative estimate of drug-likeness (QED) is 0.899. The molecule has 2 aliphatic rings. The van der Waals surface area contributed by atoms with Crippen LogP contribution >= 0.6 is 0 Å². The molecular weight excluding hydrogens is 236 g/mol. The lowest BCUT2D eigenvalue weighted by Crippen LogP contribution is -2.48. The number of hydrogen-bond acceptors (Lipinski definition) is 4. The average Bonchev–Trinajstić information content (AvgIpc) is 2.79.